The lowest BCUT2D eigenvalue weighted by molar-refractivity contribution is -0.119. The highest BCUT2D eigenvalue weighted by molar-refractivity contribution is 6.05. The summed E-state index contributed by atoms with van der Waals surface area (Å²) in [6, 6.07) is 17.0. The van der Waals surface area contributed by atoms with Crippen LogP contribution in [0.3, 0.4) is 0 Å². The van der Waals surface area contributed by atoms with E-state index in [0.29, 0.717) is 0 Å². The number of hydrogen-bond donors (Lipinski definition) is 1. The van der Waals surface area contributed by atoms with E-state index >= 15 is 0 Å². The van der Waals surface area contributed by atoms with Gasteiger partial charge in [0, 0.05) is 0 Å². The molecule has 3 rings (SSSR count). The fraction of sp³-hybridized carbons (Fsp3) is 0.118. The highest BCUT2D eigenvalue weighted by atomic mass is 16.2. The van der Waals surface area contributed by atoms with E-state index in [1.807, 2.05) is 54.6 Å². The van der Waals surface area contributed by atoms with E-state index in [2.05, 4.69) is 11.2 Å². The molecule has 0 saturated heterocycles. The van der Waals surface area contributed by atoms with Crippen molar-refractivity contribution in [2.24, 2.45) is 0 Å². The van der Waals surface area contributed by atoms with Crippen molar-refractivity contribution in [2.75, 3.05) is 16.8 Å². The number of carbonyl (C=O) groups excluding carboxylic acids is 1. The van der Waals surface area contributed by atoms with Gasteiger partial charge in [-0.2, -0.15) is 0 Å². The van der Waals surface area contributed by atoms with Gasteiger partial charge < -0.3 is 5.32 Å². The van der Waals surface area contributed by atoms with E-state index in [9.17, 15) is 4.79 Å². The minimum Gasteiger partial charge on any atom is -0.368 e. The Bertz CT molecular complexity index is 673. The molecule has 0 aromatic heterocycles. The molecule has 2 aromatic carbocycles. The van der Waals surface area contributed by atoms with Crippen LogP contribution in [0, 0.1) is 12.3 Å². The fourth-order valence-corrected chi connectivity index (χ4v) is 2.45. The molecule has 0 fully saturated rings. The van der Waals surface area contributed by atoms with Crippen molar-refractivity contribution < 1.29 is 4.79 Å². The lowest BCUT2D eigenvalue weighted by Crippen LogP contribution is -2.42. The minimum atomic E-state index is -0.389. The summed E-state index contributed by atoms with van der Waals surface area (Å²) in [5.41, 5.74) is 2.70. The van der Waals surface area contributed by atoms with Gasteiger partial charge in [-0.3, -0.25) is 9.69 Å². The smallest absolute Gasteiger partial charge is 0.255 e. The monoisotopic (exact) mass is 262 g/mol. The van der Waals surface area contributed by atoms with Crippen LogP contribution in [0.2, 0.25) is 0 Å². The molecule has 3 heteroatoms. The Labute approximate surface area is 118 Å². The molecule has 3 nitrogen and oxygen atoms in total. The van der Waals surface area contributed by atoms with Crippen LogP contribution in [-0.4, -0.2) is 12.5 Å². The second kappa shape index (κ2) is 5.10. The largest absolute Gasteiger partial charge is 0.368 e. The lowest BCUT2D eigenvalue weighted by atomic mass is 10.0. The van der Waals surface area contributed by atoms with Gasteiger partial charge in [-0.1, -0.05) is 48.4 Å². The molecule has 0 saturated carbocycles. The molecule has 20 heavy (non-hydrogen) atoms. The van der Waals surface area contributed by atoms with Crippen molar-refractivity contribution >= 4 is 17.3 Å². The van der Waals surface area contributed by atoms with E-state index in [4.69, 9.17) is 6.42 Å². The number of para-hydroxylation sites is 2. The maximum Gasteiger partial charge on any atom is 0.255 e. The zero-order valence-corrected chi connectivity index (χ0v) is 10.9. The van der Waals surface area contributed by atoms with E-state index < -0.39 is 0 Å². The highest BCUT2D eigenvalue weighted by Crippen LogP contribution is 2.35. The number of nitrogens with one attached hydrogen (secondary N) is 1. The second-order valence-corrected chi connectivity index (χ2v) is 4.63. The molecule has 1 aliphatic rings. The summed E-state index contributed by atoms with van der Waals surface area (Å²) < 4.78 is 0. The Hall–Kier alpha value is -2.73. The van der Waals surface area contributed by atoms with Crippen LogP contribution < -0.4 is 10.2 Å². The summed E-state index contributed by atoms with van der Waals surface area (Å²) in [6.07, 6.45) is 5.40. The molecule has 0 radical (unpaired) electrons. The van der Waals surface area contributed by atoms with Crippen LogP contribution in [-0.2, 0) is 4.79 Å². The molecule has 1 unspecified atom stereocenters. The van der Waals surface area contributed by atoms with E-state index in [0.717, 1.165) is 16.9 Å². The first-order valence-electron chi connectivity index (χ1n) is 6.46. The fourth-order valence-electron chi connectivity index (χ4n) is 2.45. The van der Waals surface area contributed by atoms with Crippen LogP contribution in [0.1, 0.15) is 11.6 Å². The molecule has 98 valence electrons. The Morgan fingerprint density at radius 2 is 1.80 bits per heavy atom. The third kappa shape index (κ3) is 2.02. The standard InChI is InChI=1S/C17H14N2O/c1-2-12-19-15-11-7-6-10-14(15)18-16(17(19)20)13-8-4-3-5-9-13/h1,3-11,16,18H,12H2. The second-order valence-electron chi connectivity index (χ2n) is 4.63. The van der Waals surface area contributed by atoms with Crippen molar-refractivity contribution in [3.8, 4) is 12.3 Å². The number of carbonyl (C=O) groups is 1. The number of amides is 1. The molecule has 1 atom stereocenters. The maximum absolute atomic E-state index is 12.6. The van der Waals surface area contributed by atoms with Gasteiger partial charge in [0.15, 0.2) is 0 Å². The predicted molar refractivity (Wildman–Crippen MR) is 80.4 cm³/mol. The molecule has 1 amide bonds. The van der Waals surface area contributed by atoms with Gasteiger partial charge in [-0.05, 0) is 17.7 Å². The Morgan fingerprint density at radius 3 is 2.55 bits per heavy atom. The van der Waals surface area contributed by atoms with Crippen LogP contribution in [0.5, 0.6) is 0 Å². The van der Waals surface area contributed by atoms with Gasteiger partial charge >= 0.3 is 0 Å². The first-order valence-corrected chi connectivity index (χ1v) is 6.46. The SMILES string of the molecule is C#CCN1C(=O)C(c2ccccc2)Nc2ccccc21. The van der Waals surface area contributed by atoms with Crippen molar-refractivity contribution in [3.63, 3.8) is 0 Å². The van der Waals surface area contributed by atoms with Gasteiger partial charge in [0.05, 0.1) is 17.9 Å². The summed E-state index contributed by atoms with van der Waals surface area (Å²) in [6.45, 7) is 0.279. The predicted octanol–water partition coefficient (Wildman–Crippen LogP) is 2.82. The van der Waals surface area contributed by atoms with Gasteiger partial charge in [0.25, 0.3) is 5.91 Å². The van der Waals surface area contributed by atoms with Gasteiger partial charge in [-0.15, -0.1) is 6.42 Å². The van der Waals surface area contributed by atoms with Crippen LogP contribution in [0.4, 0.5) is 11.4 Å². The third-order valence-electron chi connectivity index (χ3n) is 3.39. The first-order chi connectivity index (χ1) is 9.81. The molecule has 0 spiro atoms. The average Bonchev–Trinajstić information content (AvgIpc) is 2.51. The lowest BCUT2D eigenvalue weighted by Gasteiger charge is -2.34. The van der Waals surface area contributed by atoms with Gasteiger partial charge in [0.2, 0.25) is 0 Å². The molecule has 1 N–H and O–H groups in total. The highest BCUT2D eigenvalue weighted by Gasteiger charge is 2.32. The third-order valence-corrected chi connectivity index (χ3v) is 3.39. The summed E-state index contributed by atoms with van der Waals surface area (Å²) in [5.74, 6) is 2.54. The molecule has 0 aliphatic carbocycles. The Balaban J connectivity index is 2.05. The molecule has 0 bridgehead atoms. The van der Waals surface area contributed by atoms with Gasteiger partial charge in [-0.25, -0.2) is 0 Å². The quantitative estimate of drug-likeness (QED) is 0.844. The van der Waals surface area contributed by atoms with E-state index in [-0.39, 0.29) is 18.5 Å². The number of anilines is 2. The van der Waals surface area contributed by atoms with Crippen molar-refractivity contribution in [1.82, 2.24) is 0 Å². The van der Waals surface area contributed by atoms with E-state index in [1.165, 1.54) is 0 Å². The zero-order valence-electron chi connectivity index (χ0n) is 10.9. The summed E-state index contributed by atoms with van der Waals surface area (Å²) in [4.78, 5) is 14.3. The summed E-state index contributed by atoms with van der Waals surface area (Å²) in [5, 5.41) is 3.29. The molecular weight excluding hydrogens is 248 g/mol. The van der Waals surface area contributed by atoms with Crippen LogP contribution >= 0.6 is 0 Å². The molecular formula is C17H14N2O. The van der Waals surface area contributed by atoms with E-state index in [1.54, 1.807) is 4.90 Å². The number of fused-ring (bicyclic) bond motifs is 1. The zero-order chi connectivity index (χ0) is 13.9. The Kier molecular flexibility index (Phi) is 3.14. The number of hydrogen-bond acceptors (Lipinski definition) is 2. The van der Waals surface area contributed by atoms with Crippen molar-refractivity contribution in [2.45, 2.75) is 6.04 Å². The normalized spacial score (nSPS) is 17.1. The molecule has 1 heterocycles. The van der Waals surface area contributed by atoms with Crippen LogP contribution in [0.25, 0.3) is 0 Å². The molecule has 2 aromatic rings. The first kappa shape index (κ1) is 12.3. The Morgan fingerprint density at radius 1 is 1.10 bits per heavy atom. The maximum atomic E-state index is 12.6. The topological polar surface area (TPSA) is 32.3 Å². The summed E-state index contributed by atoms with van der Waals surface area (Å²) in [7, 11) is 0. The summed E-state index contributed by atoms with van der Waals surface area (Å²) >= 11 is 0. The van der Waals surface area contributed by atoms with Crippen molar-refractivity contribution in [3.05, 3.63) is 60.2 Å². The molecule has 1 aliphatic heterocycles. The van der Waals surface area contributed by atoms with Crippen LogP contribution in [0.15, 0.2) is 54.6 Å². The minimum absolute atomic E-state index is 0.0205. The average molecular weight is 262 g/mol. The van der Waals surface area contributed by atoms with Gasteiger partial charge in [0.1, 0.15) is 6.04 Å². The number of terminal acetylenes is 1. The number of rotatable bonds is 2. The number of nitrogens with zero attached hydrogens (tertiary/aromatic N) is 1. The van der Waals surface area contributed by atoms with Crippen molar-refractivity contribution in [1.29, 1.82) is 0 Å². The number of benzene rings is 2.